The van der Waals surface area contributed by atoms with Crippen LogP contribution in [0.5, 0.6) is 0 Å². The fraction of sp³-hybridized carbons (Fsp3) is 0.793. The van der Waals surface area contributed by atoms with Gasteiger partial charge in [0.1, 0.15) is 39.8 Å². The maximum atomic E-state index is 11.9. The predicted octanol–water partition coefficient (Wildman–Crippen LogP) is 4.07. The van der Waals surface area contributed by atoms with Gasteiger partial charge in [-0.15, -0.1) is 0 Å². The van der Waals surface area contributed by atoms with E-state index in [-0.39, 0.29) is 19.9 Å². The number of nitriles is 2. The highest BCUT2D eigenvalue weighted by molar-refractivity contribution is 5.66. The molecule has 0 aliphatic carbocycles. The number of rotatable bonds is 32. The first-order valence-corrected chi connectivity index (χ1v) is 15.2. The number of hydrogen-bond donors (Lipinski definition) is 2. The van der Waals surface area contributed by atoms with Crippen LogP contribution in [0, 0.1) is 23.0 Å². The van der Waals surface area contributed by atoms with Crippen molar-refractivity contribution >= 4 is 12.5 Å². The molecule has 0 unspecified atom stereocenters. The summed E-state index contributed by atoms with van der Waals surface area (Å²) in [5, 5.41) is 26.0. The summed E-state index contributed by atoms with van der Waals surface area (Å²) in [6.07, 6.45) is 14.3. The van der Waals surface area contributed by atoms with Gasteiger partial charge in [0.15, 0.2) is 0 Å². The molecule has 0 aliphatic rings. The van der Waals surface area contributed by atoms with E-state index in [0.717, 1.165) is 95.6 Å². The van der Waals surface area contributed by atoms with Crippen LogP contribution in [0.4, 0.5) is 4.79 Å². The molecule has 0 fully saturated rings. The van der Waals surface area contributed by atoms with E-state index >= 15 is 0 Å². The lowest BCUT2D eigenvalue weighted by Crippen LogP contribution is -2.44. The van der Waals surface area contributed by atoms with Gasteiger partial charge >= 0.3 is 6.09 Å². The van der Waals surface area contributed by atoms with Crippen molar-refractivity contribution in [1.29, 1.82) is 10.5 Å². The molecule has 0 heterocycles. The van der Waals surface area contributed by atoms with Gasteiger partial charge in [0, 0.05) is 19.6 Å². The highest BCUT2D eigenvalue weighted by atomic mass is 17.2. The summed E-state index contributed by atoms with van der Waals surface area (Å²) < 4.78 is 14.4. The van der Waals surface area contributed by atoms with E-state index in [1.165, 1.54) is 0 Å². The zero-order chi connectivity index (χ0) is 31.6. The first-order chi connectivity index (χ1) is 21.0. The Morgan fingerprint density at radius 3 is 2.02 bits per heavy atom. The molecule has 0 aromatic carbocycles. The van der Waals surface area contributed by atoms with E-state index in [4.69, 9.17) is 34.6 Å². The van der Waals surface area contributed by atoms with Gasteiger partial charge < -0.3 is 19.5 Å². The van der Waals surface area contributed by atoms with Gasteiger partial charge in [-0.2, -0.15) is 10.5 Å². The Morgan fingerprint density at radius 2 is 1.40 bits per heavy atom. The van der Waals surface area contributed by atoms with E-state index < -0.39 is 6.09 Å². The van der Waals surface area contributed by atoms with Gasteiger partial charge in [-0.3, -0.25) is 20.0 Å². The van der Waals surface area contributed by atoms with Gasteiger partial charge in [-0.05, 0) is 64.8 Å². The van der Waals surface area contributed by atoms with E-state index in [1.807, 2.05) is 6.92 Å². The maximum Gasteiger partial charge on any atom is 0.407 e. The zero-order valence-corrected chi connectivity index (χ0v) is 25.9. The second-order valence-corrected chi connectivity index (χ2v) is 9.84. The molecule has 0 aliphatic heterocycles. The maximum absolute atomic E-state index is 11.9. The van der Waals surface area contributed by atoms with Crippen molar-refractivity contribution in [2.75, 3.05) is 65.9 Å². The molecule has 0 saturated carbocycles. The number of nitrogens with zero attached hydrogens (tertiary/aromatic N) is 4. The van der Waals surface area contributed by atoms with Gasteiger partial charge in [-0.25, -0.2) is 14.6 Å². The molecule has 0 rings (SSSR count). The van der Waals surface area contributed by atoms with Crippen molar-refractivity contribution in [3.05, 3.63) is 12.2 Å². The molecule has 0 saturated heterocycles. The Kier molecular flexibility index (Phi) is 29.5. The number of hydrazine groups is 1. The van der Waals surface area contributed by atoms with Gasteiger partial charge in [0.25, 0.3) is 12.5 Å². The van der Waals surface area contributed by atoms with Crippen LogP contribution in [0.3, 0.4) is 0 Å². The smallest absolute Gasteiger partial charge is 0.407 e. The summed E-state index contributed by atoms with van der Waals surface area (Å²) >= 11 is 0. The minimum absolute atomic E-state index is 0.0916. The van der Waals surface area contributed by atoms with Crippen molar-refractivity contribution in [3.8, 4) is 12.5 Å². The van der Waals surface area contributed by atoms with Crippen molar-refractivity contribution in [1.82, 2.24) is 20.8 Å². The Morgan fingerprint density at radius 1 is 0.791 bits per heavy atom. The van der Waals surface area contributed by atoms with Crippen LogP contribution >= 0.6 is 0 Å². The fourth-order valence-corrected chi connectivity index (χ4v) is 3.68. The van der Waals surface area contributed by atoms with Crippen molar-refractivity contribution in [3.63, 3.8) is 0 Å². The summed E-state index contributed by atoms with van der Waals surface area (Å²) in [4.78, 5) is 39.2. The van der Waals surface area contributed by atoms with Crippen molar-refractivity contribution in [2.45, 2.75) is 84.0 Å². The Hall–Kier alpha value is -3.14. The predicted molar refractivity (Wildman–Crippen MR) is 158 cm³/mol. The third-order valence-corrected chi connectivity index (χ3v) is 5.92. The lowest BCUT2D eigenvalue weighted by atomic mass is 10.2. The molecule has 43 heavy (non-hydrogen) atoms. The number of alkyl carbamates (subject to hydrolysis) is 1. The summed E-state index contributed by atoms with van der Waals surface area (Å²) in [5.74, 6) is 0. The quantitative estimate of drug-likeness (QED) is 0.0213. The zero-order valence-electron chi connectivity index (χ0n) is 25.9. The lowest BCUT2D eigenvalue weighted by Gasteiger charge is -2.31. The third kappa shape index (κ3) is 28.7. The number of unbranched alkanes of at least 4 members (excludes halogenated alkanes) is 9. The molecule has 14 heteroatoms. The number of hydrogen-bond acceptors (Lipinski definition) is 12. The molecule has 0 aromatic rings. The molecule has 14 nitrogen and oxygen atoms in total. The number of ether oxygens (including phenoxy) is 3. The minimum Gasteiger partial charge on any atom is -0.447 e. The van der Waals surface area contributed by atoms with Gasteiger partial charge in [0.2, 0.25) is 6.41 Å². The van der Waals surface area contributed by atoms with Crippen LogP contribution in [0.1, 0.15) is 84.0 Å². The molecule has 2 N–H and O–H groups in total. The second kappa shape index (κ2) is 31.8. The summed E-state index contributed by atoms with van der Waals surface area (Å²) in [6.45, 7) is 9.57. The average molecular weight is 613 g/mol. The summed E-state index contributed by atoms with van der Waals surface area (Å²) in [5.41, 5.74) is 0.836. The summed E-state index contributed by atoms with van der Waals surface area (Å²) in [6, 6.07) is 0. The summed E-state index contributed by atoms with van der Waals surface area (Å²) in [7, 11) is 0. The SMILES string of the molecule is C=C(C)COOCCOC(=O)NCCCCCCN(OCNCCCCCCOC#N)N(C=O)CCCCCCOC#N. The standard InChI is InChI=1S/C29H52N6O8/c1-28(2)23-43-42-22-21-40-29(37)33-16-10-3-5-12-18-35(34(27-36)17-11-6-8-14-20-39-25-31)41-26-32-15-9-4-7-13-19-38-24-30/h27,32H,1,3-23,26H2,2H3,(H,33,37). The topological polar surface area (TPSA) is 168 Å². The number of carbonyl (C=O) groups excluding carboxylic acids is 2. The monoisotopic (exact) mass is 612 g/mol. The van der Waals surface area contributed by atoms with Crippen LogP contribution in [-0.4, -0.2) is 88.6 Å². The fourth-order valence-electron chi connectivity index (χ4n) is 3.68. The molecule has 0 aromatic heterocycles. The number of carbonyl (C=O) groups is 2. The highest BCUT2D eigenvalue weighted by Gasteiger charge is 2.14. The van der Waals surface area contributed by atoms with E-state index in [0.29, 0.717) is 39.5 Å². The highest BCUT2D eigenvalue weighted by Crippen LogP contribution is 2.08. The van der Waals surface area contributed by atoms with Crippen LogP contribution in [0.15, 0.2) is 12.2 Å². The molecule has 246 valence electrons. The van der Waals surface area contributed by atoms with Crippen molar-refractivity contribution < 1.29 is 38.4 Å². The van der Waals surface area contributed by atoms with Crippen molar-refractivity contribution in [2.24, 2.45) is 0 Å². The Labute approximate surface area is 257 Å². The Bertz CT molecular complexity index is 777. The number of nitrogens with one attached hydrogen (secondary N) is 2. The first-order valence-electron chi connectivity index (χ1n) is 15.2. The van der Waals surface area contributed by atoms with Crippen LogP contribution < -0.4 is 10.6 Å². The lowest BCUT2D eigenvalue weighted by molar-refractivity contribution is -0.290. The minimum atomic E-state index is -0.497. The molecular weight excluding hydrogens is 560 g/mol. The van der Waals surface area contributed by atoms with E-state index in [1.54, 1.807) is 22.7 Å². The van der Waals surface area contributed by atoms with Gasteiger partial charge in [-0.1, -0.05) is 43.0 Å². The normalized spacial score (nSPS) is 10.5. The van der Waals surface area contributed by atoms with E-state index in [9.17, 15) is 9.59 Å². The molecule has 0 bridgehead atoms. The third-order valence-electron chi connectivity index (χ3n) is 5.92. The van der Waals surface area contributed by atoms with Crippen LogP contribution in [0.25, 0.3) is 0 Å². The molecule has 0 radical (unpaired) electrons. The first kappa shape index (κ1) is 39.9. The van der Waals surface area contributed by atoms with Crippen LogP contribution in [0.2, 0.25) is 0 Å². The molecule has 0 atom stereocenters. The molecule has 2 amide bonds. The van der Waals surface area contributed by atoms with Crippen LogP contribution in [-0.2, 0) is 33.6 Å². The second-order valence-electron chi connectivity index (χ2n) is 9.84. The molecular formula is C29H52N6O8. The average Bonchev–Trinajstić information content (AvgIpc) is 2.99. The number of amides is 2. The largest absolute Gasteiger partial charge is 0.447 e. The number of hydroxylamine groups is 1. The molecule has 0 spiro atoms. The Balaban J connectivity index is 4.24. The van der Waals surface area contributed by atoms with Gasteiger partial charge in [0.05, 0.1) is 0 Å². The van der Waals surface area contributed by atoms with E-state index in [2.05, 4.69) is 21.9 Å².